The van der Waals surface area contributed by atoms with Gasteiger partial charge in [0.15, 0.2) is 0 Å². The maximum Gasteiger partial charge on any atom is 0.255 e. The molecule has 0 bridgehead atoms. The summed E-state index contributed by atoms with van der Waals surface area (Å²) < 4.78 is 13.1. The molecule has 1 amide bonds. The third-order valence-electron chi connectivity index (χ3n) is 4.06. The Bertz CT molecular complexity index is 478. The molecule has 3 N–H and O–H groups in total. The van der Waals surface area contributed by atoms with E-state index in [-0.39, 0.29) is 23.3 Å². The Labute approximate surface area is 112 Å². The smallest absolute Gasteiger partial charge is 0.255 e. The highest BCUT2D eigenvalue weighted by molar-refractivity contribution is 5.98. The third kappa shape index (κ3) is 3.22. The lowest BCUT2D eigenvalue weighted by Crippen LogP contribution is -2.40. The summed E-state index contributed by atoms with van der Waals surface area (Å²) in [5.41, 5.74) is 5.72. The van der Waals surface area contributed by atoms with Gasteiger partial charge in [-0.2, -0.15) is 0 Å². The minimum atomic E-state index is -0.551. The highest BCUT2D eigenvalue weighted by atomic mass is 19.1. The molecule has 1 aliphatic rings. The molecule has 1 fully saturated rings. The Balaban J connectivity index is 2.03. The number of rotatable bonds is 2. The largest absolute Gasteiger partial charge is 0.383 e. The van der Waals surface area contributed by atoms with Crippen LogP contribution in [0, 0.1) is 17.7 Å². The maximum atomic E-state index is 13.1. The normalized spacial score (nSPS) is 27.0. The fourth-order valence-corrected chi connectivity index (χ4v) is 2.57. The van der Waals surface area contributed by atoms with Gasteiger partial charge >= 0.3 is 0 Å². The molecule has 0 radical (unpaired) electrons. The van der Waals surface area contributed by atoms with Crippen LogP contribution in [-0.4, -0.2) is 16.9 Å². The summed E-state index contributed by atoms with van der Waals surface area (Å²) in [6.45, 7) is 4.43. The number of aromatic nitrogens is 1. The second-order valence-electron chi connectivity index (χ2n) is 5.52. The van der Waals surface area contributed by atoms with Crippen molar-refractivity contribution in [2.75, 3.05) is 5.73 Å². The van der Waals surface area contributed by atoms with E-state index in [1.165, 1.54) is 0 Å². The Kier molecular flexibility index (Phi) is 4.02. The van der Waals surface area contributed by atoms with Crippen molar-refractivity contribution in [2.24, 2.45) is 11.8 Å². The fraction of sp³-hybridized carbons (Fsp3) is 0.571. The minimum absolute atomic E-state index is 0.0659. The Morgan fingerprint density at radius 2 is 2.16 bits per heavy atom. The molecule has 3 atom stereocenters. The van der Waals surface area contributed by atoms with Gasteiger partial charge in [-0.15, -0.1) is 0 Å². The van der Waals surface area contributed by atoms with Crippen LogP contribution >= 0.6 is 0 Å². The lowest BCUT2D eigenvalue weighted by Gasteiger charge is -2.32. The predicted molar refractivity (Wildman–Crippen MR) is 72.0 cm³/mol. The molecule has 5 heteroatoms. The van der Waals surface area contributed by atoms with Crippen LogP contribution in [-0.2, 0) is 0 Å². The van der Waals surface area contributed by atoms with Crippen molar-refractivity contribution in [3.05, 3.63) is 23.6 Å². The molecule has 2 rings (SSSR count). The van der Waals surface area contributed by atoms with Gasteiger partial charge in [-0.1, -0.05) is 13.8 Å². The quantitative estimate of drug-likeness (QED) is 0.862. The van der Waals surface area contributed by atoms with Crippen molar-refractivity contribution in [3.8, 4) is 0 Å². The van der Waals surface area contributed by atoms with Crippen LogP contribution in [0.4, 0.5) is 10.2 Å². The molecular formula is C14H20FN3O. The number of hydrogen-bond acceptors (Lipinski definition) is 3. The van der Waals surface area contributed by atoms with Gasteiger partial charge < -0.3 is 11.1 Å². The molecule has 1 aliphatic carbocycles. The molecule has 1 saturated carbocycles. The molecule has 0 spiro atoms. The second-order valence-corrected chi connectivity index (χ2v) is 5.52. The molecule has 1 heterocycles. The number of nitrogen functional groups attached to an aromatic ring is 1. The highest BCUT2D eigenvalue weighted by Crippen LogP contribution is 2.29. The average molecular weight is 265 g/mol. The first-order chi connectivity index (χ1) is 8.97. The third-order valence-corrected chi connectivity index (χ3v) is 4.06. The molecule has 0 aromatic carbocycles. The van der Waals surface area contributed by atoms with E-state index < -0.39 is 5.82 Å². The van der Waals surface area contributed by atoms with Crippen LogP contribution in [0.25, 0.3) is 0 Å². The lowest BCUT2D eigenvalue weighted by molar-refractivity contribution is 0.0910. The van der Waals surface area contributed by atoms with Crippen LogP contribution in [0.1, 0.15) is 43.5 Å². The molecule has 0 saturated heterocycles. The van der Waals surface area contributed by atoms with Crippen LogP contribution in [0.2, 0.25) is 0 Å². The van der Waals surface area contributed by atoms with Crippen LogP contribution in [0.15, 0.2) is 12.3 Å². The number of carbonyl (C=O) groups is 1. The van der Waals surface area contributed by atoms with E-state index in [1.807, 2.05) is 0 Å². The van der Waals surface area contributed by atoms with Gasteiger partial charge in [0.2, 0.25) is 0 Å². The standard InChI is InChI=1S/C14H20FN3O/c1-8-3-4-11(5-9(8)2)18-14(19)12-6-10(15)7-17-13(12)16/h6-9,11H,3-5H2,1-2H3,(H2,16,17)(H,18,19). The zero-order chi connectivity index (χ0) is 14.0. The van der Waals surface area contributed by atoms with E-state index in [1.54, 1.807) is 0 Å². The first-order valence-electron chi connectivity index (χ1n) is 6.69. The van der Waals surface area contributed by atoms with E-state index in [0.717, 1.165) is 31.5 Å². The highest BCUT2D eigenvalue weighted by Gasteiger charge is 2.26. The molecule has 4 nitrogen and oxygen atoms in total. The molecule has 104 valence electrons. The predicted octanol–water partition coefficient (Wildman–Crippen LogP) is 2.36. The van der Waals surface area contributed by atoms with Gasteiger partial charge in [0.05, 0.1) is 11.8 Å². The van der Waals surface area contributed by atoms with E-state index in [9.17, 15) is 9.18 Å². The number of amides is 1. The van der Waals surface area contributed by atoms with Crippen molar-refractivity contribution >= 4 is 11.7 Å². The Morgan fingerprint density at radius 3 is 2.84 bits per heavy atom. The first kappa shape index (κ1) is 13.8. The first-order valence-corrected chi connectivity index (χ1v) is 6.69. The number of hydrogen-bond donors (Lipinski definition) is 2. The molecule has 1 aromatic heterocycles. The number of nitrogens with two attached hydrogens (primary N) is 1. The average Bonchev–Trinajstić information content (AvgIpc) is 2.36. The molecular weight excluding hydrogens is 245 g/mol. The van der Waals surface area contributed by atoms with Crippen molar-refractivity contribution < 1.29 is 9.18 Å². The van der Waals surface area contributed by atoms with Crippen molar-refractivity contribution in [2.45, 2.75) is 39.2 Å². The van der Waals surface area contributed by atoms with E-state index >= 15 is 0 Å². The molecule has 0 aliphatic heterocycles. The maximum absolute atomic E-state index is 13.1. The van der Waals surface area contributed by atoms with E-state index in [2.05, 4.69) is 24.1 Å². The Hall–Kier alpha value is -1.65. The zero-order valence-corrected chi connectivity index (χ0v) is 11.3. The number of nitrogens with one attached hydrogen (secondary N) is 1. The number of pyridine rings is 1. The fourth-order valence-electron chi connectivity index (χ4n) is 2.57. The van der Waals surface area contributed by atoms with Crippen LogP contribution in [0.3, 0.4) is 0 Å². The summed E-state index contributed by atoms with van der Waals surface area (Å²) in [5.74, 6) is 0.452. The summed E-state index contributed by atoms with van der Waals surface area (Å²) in [6.07, 6.45) is 4.02. The van der Waals surface area contributed by atoms with Gasteiger partial charge in [-0.25, -0.2) is 9.37 Å². The van der Waals surface area contributed by atoms with Gasteiger partial charge in [-0.3, -0.25) is 4.79 Å². The van der Waals surface area contributed by atoms with Crippen molar-refractivity contribution in [3.63, 3.8) is 0 Å². The van der Waals surface area contributed by atoms with Crippen molar-refractivity contribution in [1.82, 2.24) is 10.3 Å². The second kappa shape index (κ2) is 5.55. The topological polar surface area (TPSA) is 68.0 Å². The number of carbonyl (C=O) groups excluding carboxylic acids is 1. The van der Waals surface area contributed by atoms with Crippen molar-refractivity contribution in [1.29, 1.82) is 0 Å². The number of anilines is 1. The number of nitrogens with zero attached hydrogens (tertiary/aromatic N) is 1. The summed E-state index contributed by atoms with van der Waals surface area (Å²) in [4.78, 5) is 15.7. The van der Waals surface area contributed by atoms with E-state index in [4.69, 9.17) is 5.73 Å². The van der Waals surface area contributed by atoms with E-state index in [0.29, 0.717) is 11.8 Å². The summed E-state index contributed by atoms with van der Waals surface area (Å²) in [6, 6.07) is 1.27. The lowest BCUT2D eigenvalue weighted by atomic mass is 9.79. The van der Waals surface area contributed by atoms with Gasteiger partial charge in [0, 0.05) is 6.04 Å². The molecule has 3 unspecified atom stereocenters. The SMILES string of the molecule is CC1CCC(NC(=O)c2cc(F)cnc2N)CC1C. The van der Waals surface area contributed by atoms with Gasteiger partial charge in [0.1, 0.15) is 11.6 Å². The minimum Gasteiger partial charge on any atom is -0.383 e. The zero-order valence-electron chi connectivity index (χ0n) is 11.3. The van der Waals surface area contributed by atoms with Crippen LogP contribution < -0.4 is 11.1 Å². The molecule has 19 heavy (non-hydrogen) atoms. The summed E-state index contributed by atoms with van der Waals surface area (Å²) in [5, 5.41) is 2.93. The number of halogens is 1. The summed E-state index contributed by atoms with van der Waals surface area (Å²) >= 11 is 0. The molecule has 1 aromatic rings. The van der Waals surface area contributed by atoms with Gasteiger partial charge in [0.25, 0.3) is 5.91 Å². The van der Waals surface area contributed by atoms with Gasteiger partial charge in [-0.05, 0) is 37.2 Å². The Morgan fingerprint density at radius 1 is 1.42 bits per heavy atom. The van der Waals surface area contributed by atoms with Crippen LogP contribution in [0.5, 0.6) is 0 Å². The monoisotopic (exact) mass is 265 g/mol. The summed E-state index contributed by atoms with van der Waals surface area (Å²) in [7, 11) is 0.